The lowest BCUT2D eigenvalue weighted by Gasteiger charge is -2.04. The van der Waals surface area contributed by atoms with Crippen LogP contribution in [0, 0.1) is 0 Å². The van der Waals surface area contributed by atoms with Gasteiger partial charge in [0.2, 0.25) is 0 Å². The zero-order chi connectivity index (χ0) is 6.69. The van der Waals surface area contributed by atoms with Gasteiger partial charge in [-0.05, 0) is 13.3 Å². The van der Waals surface area contributed by atoms with Gasteiger partial charge in [-0.2, -0.15) is 0 Å². The van der Waals surface area contributed by atoms with Crippen molar-refractivity contribution in [3.8, 4) is 0 Å². The van der Waals surface area contributed by atoms with Crippen molar-refractivity contribution in [1.29, 1.82) is 0 Å². The summed E-state index contributed by atoms with van der Waals surface area (Å²) in [6.07, 6.45) is 2.71. The molecule has 1 aliphatic rings. The summed E-state index contributed by atoms with van der Waals surface area (Å²) in [6.45, 7) is 4.89. The topological polar surface area (TPSA) is 18.5 Å². The first-order chi connectivity index (χ1) is 4.33. The smallest absolute Gasteiger partial charge is 0.155 e. The molecule has 2 heteroatoms. The number of rotatable bonds is 2. The predicted octanol–water partition coefficient (Wildman–Crippen LogP) is 1.55. The molecule has 0 aromatic rings. The average Bonchev–Trinajstić information content (AvgIpc) is 2.17. The Bertz CT molecular complexity index is 81.0. The molecule has 1 fully saturated rings. The van der Waals surface area contributed by atoms with Crippen LogP contribution in [0.4, 0.5) is 0 Å². The van der Waals surface area contributed by atoms with Gasteiger partial charge in [0.1, 0.15) is 0 Å². The first-order valence-electron chi connectivity index (χ1n) is 3.60. The Labute approximate surface area is 56.2 Å². The number of hydrogen-bond donors (Lipinski definition) is 0. The van der Waals surface area contributed by atoms with E-state index in [2.05, 4.69) is 6.92 Å². The molecule has 1 rings (SSSR count). The predicted molar refractivity (Wildman–Crippen MR) is 35.2 cm³/mol. The second-order valence-electron chi connectivity index (χ2n) is 2.45. The fraction of sp³-hybridized carbons (Fsp3) is 1.00. The summed E-state index contributed by atoms with van der Waals surface area (Å²) in [5.41, 5.74) is 0. The Morgan fingerprint density at radius 1 is 1.56 bits per heavy atom. The quantitative estimate of drug-likeness (QED) is 0.564. The van der Waals surface area contributed by atoms with E-state index in [0.717, 1.165) is 13.0 Å². The Balaban J connectivity index is 2.14. The van der Waals surface area contributed by atoms with Crippen LogP contribution >= 0.6 is 0 Å². The van der Waals surface area contributed by atoms with Gasteiger partial charge in [0, 0.05) is 0 Å². The van der Waals surface area contributed by atoms with E-state index in [1.807, 2.05) is 6.92 Å². The highest BCUT2D eigenvalue weighted by atomic mass is 16.7. The van der Waals surface area contributed by atoms with E-state index in [1.54, 1.807) is 0 Å². The highest BCUT2D eigenvalue weighted by Crippen LogP contribution is 2.14. The molecular formula is C7H14O2. The number of hydrogen-bond acceptors (Lipinski definition) is 2. The van der Waals surface area contributed by atoms with E-state index >= 15 is 0 Å². The van der Waals surface area contributed by atoms with Crippen molar-refractivity contribution in [3.63, 3.8) is 0 Å². The molecule has 0 radical (unpaired) electrons. The molecule has 9 heavy (non-hydrogen) atoms. The minimum Gasteiger partial charge on any atom is -0.350 e. The van der Waals surface area contributed by atoms with Gasteiger partial charge in [-0.15, -0.1) is 0 Å². The Morgan fingerprint density at radius 3 is 2.78 bits per heavy atom. The second kappa shape index (κ2) is 3.18. The van der Waals surface area contributed by atoms with E-state index in [9.17, 15) is 0 Å². The van der Waals surface area contributed by atoms with Crippen LogP contribution in [-0.4, -0.2) is 19.0 Å². The molecule has 54 valence electrons. The molecule has 0 saturated carbocycles. The minimum absolute atomic E-state index is 0.0292. The lowest BCUT2D eigenvalue weighted by Crippen LogP contribution is -2.09. The molecule has 1 heterocycles. The van der Waals surface area contributed by atoms with Crippen molar-refractivity contribution in [2.24, 2.45) is 0 Å². The van der Waals surface area contributed by atoms with Crippen LogP contribution in [0.25, 0.3) is 0 Å². The van der Waals surface area contributed by atoms with Gasteiger partial charge < -0.3 is 9.47 Å². The fourth-order valence-electron chi connectivity index (χ4n) is 1.07. The highest BCUT2D eigenvalue weighted by Gasteiger charge is 2.20. The zero-order valence-corrected chi connectivity index (χ0v) is 6.09. The Kier molecular flexibility index (Phi) is 2.49. The van der Waals surface area contributed by atoms with Gasteiger partial charge >= 0.3 is 0 Å². The van der Waals surface area contributed by atoms with Crippen molar-refractivity contribution in [2.45, 2.75) is 39.1 Å². The van der Waals surface area contributed by atoms with Crippen molar-refractivity contribution < 1.29 is 9.47 Å². The van der Waals surface area contributed by atoms with E-state index < -0.39 is 0 Å². The van der Waals surface area contributed by atoms with Crippen LogP contribution in [0.5, 0.6) is 0 Å². The molecule has 2 nitrogen and oxygen atoms in total. The minimum atomic E-state index is 0.0292. The lowest BCUT2D eigenvalue weighted by atomic mass is 10.2. The lowest BCUT2D eigenvalue weighted by molar-refractivity contribution is -0.0432. The van der Waals surface area contributed by atoms with Crippen molar-refractivity contribution in [1.82, 2.24) is 0 Å². The average molecular weight is 130 g/mol. The van der Waals surface area contributed by atoms with E-state index in [-0.39, 0.29) is 6.29 Å². The van der Waals surface area contributed by atoms with Crippen LogP contribution in [0.1, 0.15) is 26.7 Å². The molecule has 1 saturated heterocycles. The fourth-order valence-corrected chi connectivity index (χ4v) is 1.07. The summed E-state index contributed by atoms with van der Waals surface area (Å²) in [5.74, 6) is 0. The highest BCUT2D eigenvalue weighted by molar-refractivity contribution is 4.61. The molecule has 0 spiro atoms. The van der Waals surface area contributed by atoms with E-state index in [4.69, 9.17) is 9.47 Å². The van der Waals surface area contributed by atoms with E-state index in [0.29, 0.717) is 6.10 Å². The normalized spacial score (nSPS) is 35.3. The van der Waals surface area contributed by atoms with Gasteiger partial charge in [-0.1, -0.05) is 13.3 Å². The Morgan fingerprint density at radius 2 is 2.33 bits per heavy atom. The molecular weight excluding hydrogens is 116 g/mol. The van der Waals surface area contributed by atoms with E-state index in [1.165, 1.54) is 6.42 Å². The SMILES string of the molecule is CCC[C@@H]1CO[C@H](C)O1. The summed E-state index contributed by atoms with van der Waals surface area (Å²) in [7, 11) is 0. The van der Waals surface area contributed by atoms with Crippen LogP contribution in [0.3, 0.4) is 0 Å². The maximum absolute atomic E-state index is 5.38. The van der Waals surface area contributed by atoms with Crippen LogP contribution in [0.15, 0.2) is 0 Å². The summed E-state index contributed by atoms with van der Waals surface area (Å²) in [5, 5.41) is 0. The molecule has 0 aromatic carbocycles. The zero-order valence-electron chi connectivity index (χ0n) is 6.09. The van der Waals surface area contributed by atoms with Gasteiger partial charge in [0.05, 0.1) is 12.7 Å². The van der Waals surface area contributed by atoms with Crippen molar-refractivity contribution >= 4 is 0 Å². The van der Waals surface area contributed by atoms with Crippen LogP contribution in [0.2, 0.25) is 0 Å². The molecule has 1 aliphatic heterocycles. The first-order valence-corrected chi connectivity index (χ1v) is 3.60. The van der Waals surface area contributed by atoms with Crippen LogP contribution < -0.4 is 0 Å². The molecule has 0 N–H and O–H groups in total. The summed E-state index contributed by atoms with van der Waals surface area (Å²) < 4.78 is 10.6. The van der Waals surface area contributed by atoms with Gasteiger partial charge in [0.25, 0.3) is 0 Å². The summed E-state index contributed by atoms with van der Waals surface area (Å²) >= 11 is 0. The third-order valence-electron chi connectivity index (χ3n) is 1.51. The molecule has 0 unspecified atom stereocenters. The van der Waals surface area contributed by atoms with Crippen LogP contribution in [-0.2, 0) is 9.47 Å². The van der Waals surface area contributed by atoms with Gasteiger partial charge in [-0.3, -0.25) is 0 Å². The maximum atomic E-state index is 5.38. The molecule has 0 aromatic heterocycles. The third kappa shape index (κ3) is 1.95. The van der Waals surface area contributed by atoms with Crippen molar-refractivity contribution in [3.05, 3.63) is 0 Å². The number of ether oxygens (including phenoxy) is 2. The Hall–Kier alpha value is -0.0800. The largest absolute Gasteiger partial charge is 0.350 e. The molecule has 0 aliphatic carbocycles. The maximum Gasteiger partial charge on any atom is 0.155 e. The van der Waals surface area contributed by atoms with Gasteiger partial charge in [-0.25, -0.2) is 0 Å². The standard InChI is InChI=1S/C7H14O2/c1-3-4-7-5-8-6(2)9-7/h6-7H,3-5H2,1-2H3/t6-,7+/m0/s1. The van der Waals surface area contributed by atoms with Crippen molar-refractivity contribution in [2.75, 3.05) is 6.61 Å². The summed E-state index contributed by atoms with van der Waals surface area (Å²) in [6, 6.07) is 0. The second-order valence-corrected chi connectivity index (χ2v) is 2.45. The summed E-state index contributed by atoms with van der Waals surface area (Å²) in [4.78, 5) is 0. The first kappa shape index (κ1) is 7.03. The molecule has 0 amide bonds. The molecule has 2 atom stereocenters. The molecule has 0 bridgehead atoms. The monoisotopic (exact) mass is 130 g/mol. The third-order valence-corrected chi connectivity index (χ3v) is 1.51. The van der Waals surface area contributed by atoms with Gasteiger partial charge in [0.15, 0.2) is 6.29 Å².